The standard InChI is InChI=1S/C15H14BrClFN/c1-19(10-11-5-7-13(16)8-6-11)15-12(9-17)3-2-4-14(15)18/h2-8H,9-10H2,1H3. The van der Waals surface area contributed by atoms with E-state index in [4.69, 9.17) is 11.6 Å². The van der Waals surface area contributed by atoms with Gasteiger partial charge in [0, 0.05) is 23.9 Å². The van der Waals surface area contributed by atoms with Crippen LogP contribution in [0.1, 0.15) is 11.1 Å². The average Bonchev–Trinajstić information content (AvgIpc) is 2.40. The minimum atomic E-state index is -0.238. The molecule has 0 atom stereocenters. The number of hydrogen-bond donors (Lipinski definition) is 0. The molecule has 2 rings (SSSR count). The van der Waals surface area contributed by atoms with Crippen LogP contribution in [0.25, 0.3) is 0 Å². The van der Waals surface area contributed by atoms with E-state index in [1.807, 2.05) is 42.3 Å². The van der Waals surface area contributed by atoms with E-state index in [-0.39, 0.29) is 5.82 Å². The Morgan fingerprint density at radius 1 is 1.16 bits per heavy atom. The molecule has 0 aromatic heterocycles. The van der Waals surface area contributed by atoms with Crippen LogP contribution in [-0.4, -0.2) is 7.05 Å². The van der Waals surface area contributed by atoms with Crippen molar-refractivity contribution in [3.05, 3.63) is 63.9 Å². The van der Waals surface area contributed by atoms with Crippen molar-refractivity contribution in [1.82, 2.24) is 0 Å². The summed E-state index contributed by atoms with van der Waals surface area (Å²) in [6.07, 6.45) is 0. The molecular formula is C15H14BrClFN. The maximum atomic E-state index is 13.9. The van der Waals surface area contributed by atoms with Crippen molar-refractivity contribution in [2.45, 2.75) is 12.4 Å². The van der Waals surface area contributed by atoms with Crippen molar-refractivity contribution in [3.8, 4) is 0 Å². The van der Waals surface area contributed by atoms with E-state index in [2.05, 4.69) is 15.9 Å². The van der Waals surface area contributed by atoms with Gasteiger partial charge in [-0.3, -0.25) is 0 Å². The van der Waals surface area contributed by atoms with Crippen LogP contribution in [0.2, 0.25) is 0 Å². The molecular weight excluding hydrogens is 329 g/mol. The lowest BCUT2D eigenvalue weighted by molar-refractivity contribution is 0.620. The number of halogens is 3. The first kappa shape index (κ1) is 14.4. The summed E-state index contributed by atoms with van der Waals surface area (Å²) in [6, 6.07) is 13.0. The van der Waals surface area contributed by atoms with Gasteiger partial charge >= 0.3 is 0 Å². The number of hydrogen-bond acceptors (Lipinski definition) is 1. The fourth-order valence-electron chi connectivity index (χ4n) is 2.04. The van der Waals surface area contributed by atoms with E-state index in [1.54, 1.807) is 6.07 Å². The van der Waals surface area contributed by atoms with Gasteiger partial charge in [-0.15, -0.1) is 11.6 Å². The second kappa shape index (κ2) is 6.40. The van der Waals surface area contributed by atoms with Crippen LogP contribution in [0.5, 0.6) is 0 Å². The molecule has 0 saturated heterocycles. The van der Waals surface area contributed by atoms with Crippen LogP contribution in [0, 0.1) is 5.82 Å². The van der Waals surface area contributed by atoms with E-state index in [0.29, 0.717) is 18.1 Å². The normalized spacial score (nSPS) is 10.5. The molecule has 2 aromatic rings. The third kappa shape index (κ3) is 3.48. The number of para-hydroxylation sites is 1. The molecule has 0 fully saturated rings. The Hall–Kier alpha value is -1.06. The van der Waals surface area contributed by atoms with E-state index in [9.17, 15) is 4.39 Å². The van der Waals surface area contributed by atoms with Gasteiger partial charge in [-0.2, -0.15) is 0 Å². The second-order valence-electron chi connectivity index (χ2n) is 4.36. The monoisotopic (exact) mass is 341 g/mol. The molecule has 4 heteroatoms. The largest absolute Gasteiger partial charge is 0.368 e. The average molecular weight is 343 g/mol. The summed E-state index contributed by atoms with van der Waals surface area (Å²) in [5.74, 6) is 0.0652. The zero-order valence-electron chi connectivity index (χ0n) is 10.5. The van der Waals surface area contributed by atoms with Gasteiger partial charge in [-0.05, 0) is 29.3 Å². The van der Waals surface area contributed by atoms with Crippen LogP contribution in [-0.2, 0) is 12.4 Å². The number of alkyl halides is 1. The fourth-order valence-corrected chi connectivity index (χ4v) is 2.52. The number of nitrogens with zero attached hydrogens (tertiary/aromatic N) is 1. The van der Waals surface area contributed by atoms with Crippen molar-refractivity contribution in [1.29, 1.82) is 0 Å². The molecule has 0 aliphatic rings. The van der Waals surface area contributed by atoms with Crippen molar-refractivity contribution in [2.24, 2.45) is 0 Å². The summed E-state index contributed by atoms with van der Waals surface area (Å²) in [5, 5.41) is 0. The van der Waals surface area contributed by atoms with E-state index in [0.717, 1.165) is 15.6 Å². The molecule has 0 amide bonds. The predicted octanol–water partition coefficient (Wildman–Crippen LogP) is 4.96. The Labute approximate surface area is 126 Å². The molecule has 0 aliphatic carbocycles. The Kier molecular flexibility index (Phi) is 4.83. The smallest absolute Gasteiger partial charge is 0.146 e. The summed E-state index contributed by atoms with van der Waals surface area (Å²) in [7, 11) is 1.87. The highest BCUT2D eigenvalue weighted by molar-refractivity contribution is 9.10. The van der Waals surface area contributed by atoms with Crippen LogP contribution < -0.4 is 4.90 Å². The van der Waals surface area contributed by atoms with Gasteiger partial charge in [0.15, 0.2) is 0 Å². The Morgan fingerprint density at radius 3 is 2.47 bits per heavy atom. The van der Waals surface area contributed by atoms with Crippen LogP contribution >= 0.6 is 27.5 Å². The van der Waals surface area contributed by atoms with Gasteiger partial charge in [0.2, 0.25) is 0 Å². The quantitative estimate of drug-likeness (QED) is 0.710. The highest BCUT2D eigenvalue weighted by Crippen LogP contribution is 2.26. The Morgan fingerprint density at radius 2 is 1.84 bits per heavy atom. The van der Waals surface area contributed by atoms with Gasteiger partial charge in [0.05, 0.1) is 5.69 Å². The lowest BCUT2D eigenvalue weighted by Gasteiger charge is -2.22. The molecule has 19 heavy (non-hydrogen) atoms. The van der Waals surface area contributed by atoms with Gasteiger partial charge in [0.1, 0.15) is 5.82 Å². The first-order valence-corrected chi connectivity index (χ1v) is 7.23. The third-order valence-corrected chi connectivity index (χ3v) is 3.75. The molecule has 1 nitrogen and oxygen atoms in total. The third-order valence-electron chi connectivity index (χ3n) is 2.93. The zero-order chi connectivity index (χ0) is 13.8. The molecule has 0 N–H and O–H groups in total. The predicted molar refractivity (Wildman–Crippen MR) is 82.2 cm³/mol. The highest BCUT2D eigenvalue weighted by Gasteiger charge is 2.12. The summed E-state index contributed by atoms with van der Waals surface area (Å²) >= 11 is 9.27. The molecule has 0 spiro atoms. The van der Waals surface area contributed by atoms with Crippen molar-refractivity contribution >= 4 is 33.2 Å². The SMILES string of the molecule is CN(Cc1ccc(Br)cc1)c1c(F)cccc1CCl. The van der Waals surface area contributed by atoms with E-state index in [1.165, 1.54) is 6.07 Å². The first-order valence-electron chi connectivity index (χ1n) is 5.90. The van der Waals surface area contributed by atoms with Crippen LogP contribution in [0.15, 0.2) is 46.9 Å². The minimum absolute atomic E-state index is 0.238. The molecule has 0 unspecified atom stereocenters. The maximum Gasteiger partial charge on any atom is 0.146 e. The van der Waals surface area contributed by atoms with Crippen molar-refractivity contribution in [3.63, 3.8) is 0 Å². The molecule has 0 saturated carbocycles. The number of benzene rings is 2. The summed E-state index contributed by atoms with van der Waals surface area (Å²) in [4.78, 5) is 1.89. The van der Waals surface area contributed by atoms with E-state index < -0.39 is 0 Å². The topological polar surface area (TPSA) is 3.24 Å². The Bertz CT molecular complexity index is 557. The summed E-state index contributed by atoms with van der Waals surface area (Å²) in [5.41, 5.74) is 2.50. The molecule has 0 bridgehead atoms. The molecule has 2 aromatic carbocycles. The summed E-state index contributed by atoms with van der Waals surface area (Å²) < 4.78 is 15.0. The van der Waals surface area contributed by atoms with Crippen LogP contribution in [0.3, 0.4) is 0 Å². The van der Waals surface area contributed by atoms with Crippen molar-refractivity contribution < 1.29 is 4.39 Å². The van der Waals surface area contributed by atoms with Crippen LogP contribution in [0.4, 0.5) is 10.1 Å². The van der Waals surface area contributed by atoms with Gasteiger partial charge in [-0.1, -0.05) is 40.2 Å². The van der Waals surface area contributed by atoms with Crippen molar-refractivity contribution in [2.75, 3.05) is 11.9 Å². The van der Waals surface area contributed by atoms with Gasteiger partial charge in [0.25, 0.3) is 0 Å². The molecule has 0 heterocycles. The fraction of sp³-hybridized carbons (Fsp3) is 0.200. The van der Waals surface area contributed by atoms with Gasteiger partial charge in [-0.25, -0.2) is 4.39 Å². The maximum absolute atomic E-state index is 13.9. The molecule has 0 aliphatic heterocycles. The lowest BCUT2D eigenvalue weighted by atomic mass is 10.1. The van der Waals surface area contributed by atoms with E-state index >= 15 is 0 Å². The minimum Gasteiger partial charge on any atom is -0.368 e. The van der Waals surface area contributed by atoms with Gasteiger partial charge < -0.3 is 4.90 Å². The lowest BCUT2D eigenvalue weighted by Crippen LogP contribution is -2.19. The number of rotatable bonds is 4. The highest BCUT2D eigenvalue weighted by atomic mass is 79.9. The Balaban J connectivity index is 2.24. The molecule has 100 valence electrons. The second-order valence-corrected chi connectivity index (χ2v) is 5.55. The summed E-state index contributed by atoms with van der Waals surface area (Å²) in [6.45, 7) is 0.637. The zero-order valence-corrected chi connectivity index (χ0v) is 12.9. The molecule has 0 radical (unpaired) electrons. The number of anilines is 1. The first-order chi connectivity index (χ1) is 9.11.